The van der Waals surface area contributed by atoms with Crippen molar-refractivity contribution >= 4 is 54.7 Å². The quantitative estimate of drug-likeness (QED) is 0.167. The summed E-state index contributed by atoms with van der Waals surface area (Å²) >= 11 is 0. The van der Waals surface area contributed by atoms with Crippen molar-refractivity contribution < 1.29 is 0 Å². The van der Waals surface area contributed by atoms with Gasteiger partial charge in [-0.05, 0) is 106 Å². The molecule has 0 fully saturated rings. The molecule has 11 rings (SSSR count). The Labute approximate surface area is 315 Å². The number of hydrogen-bond donors (Lipinski definition) is 0. The Kier molecular flexibility index (Phi) is 6.84. The van der Waals surface area contributed by atoms with Crippen LogP contribution in [0.2, 0.25) is 0 Å². The van der Waals surface area contributed by atoms with E-state index in [9.17, 15) is 0 Å². The summed E-state index contributed by atoms with van der Waals surface area (Å²) in [5.74, 6) is 0.347. The minimum Gasteiger partial charge on any atom is -0.333 e. The molecule has 1 aliphatic heterocycles. The second-order valence-corrected chi connectivity index (χ2v) is 15.0. The number of allylic oxidation sites excluding steroid dienone is 2. The van der Waals surface area contributed by atoms with E-state index in [0.29, 0.717) is 5.92 Å². The third-order valence-corrected chi connectivity index (χ3v) is 11.8. The Balaban J connectivity index is 1.15. The summed E-state index contributed by atoms with van der Waals surface area (Å²) in [4.78, 5) is 2.54. The zero-order valence-corrected chi connectivity index (χ0v) is 30.4. The number of anilines is 2. The SMILES string of the molecule is Cc1ccc2c(-c3cccc(-n4c5ccccc5c5ccccc54)c3)c3cc(C)ccc3c(-c3cccc(N4c5ccccc5C5C=CC=CC54)c3)c2c1. The zero-order valence-electron chi connectivity index (χ0n) is 30.4. The number of aromatic nitrogens is 1. The molecule has 2 unspecified atom stereocenters. The van der Waals surface area contributed by atoms with E-state index in [-0.39, 0.29) is 6.04 Å². The van der Waals surface area contributed by atoms with Gasteiger partial charge in [0.2, 0.25) is 0 Å². The van der Waals surface area contributed by atoms with Crippen LogP contribution in [0.5, 0.6) is 0 Å². The second kappa shape index (κ2) is 11.9. The van der Waals surface area contributed by atoms with Gasteiger partial charge in [-0.3, -0.25) is 0 Å². The van der Waals surface area contributed by atoms with Crippen molar-refractivity contribution in [1.29, 1.82) is 0 Å². The maximum absolute atomic E-state index is 2.54. The van der Waals surface area contributed by atoms with Gasteiger partial charge in [-0.2, -0.15) is 0 Å². The average Bonchev–Trinajstić information content (AvgIpc) is 3.73. The highest BCUT2D eigenvalue weighted by Gasteiger charge is 2.37. The summed E-state index contributed by atoms with van der Waals surface area (Å²) in [6.45, 7) is 4.43. The predicted molar refractivity (Wildman–Crippen MR) is 230 cm³/mol. The topological polar surface area (TPSA) is 8.17 Å². The van der Waals surface area contributed by atoms with Gasteiger partial charge in [-0.15, -0.1) is 0 Å². The van der Waals surface area contributed by atoms with Crippen LogP contribution in [0.3, 0.4) is 0 Å². The van der Waals surface area contributed by atoms with Crippen LogP contribution in [0.4, 0.5) is 11.4 Å². The Hall–Kier alpha value is -6.64. The molecule has 2 heterocycles. The third-order valence-electron chi connectivity index (χ3n) is 11.8. The molecule has 9 aromatic rings. The second-order valence-electron chi connectivity index (χ2n) is 15.0. The summed E-state index contributed by atoms with van der Waals surface area (Å²) < 4.78 is 2.42. The minimum absolute atomic E-state index is 0.255. The summed E-state index contributed by atoms with van der Waals surface area (Å²) in [5, 5.41) is 7.64. The lowest BCUT2D eigenvalue weighted by molar-refractivity contribution is 0.745. The van der Waals surface area contributed by atoms with Gasteiger partial charge in [0.1, 0.15) is 0 Å². The zero-order chi connectivity index (χ0) is 35.9. The highest BCUT2D eigenvalue weighted by atomic mass is 15.2. The van der Waals surface area contributed by atoms with Crippen LogP contribution < -0.4 is 4.90 Å². The van der Waals surface area contributed by atoms with Crippen LogP contribution >= 0.6 is 0 Å². The normalized spacial score (nSPS) is 16.1. The van der Waals surface area contributed by atoms with Crippen molar-refractivity contribution in [1.82, 2.24) is 4.57 Å². The first-order valence-corrected chi connectivity index (χ1v) is 19.0. The highest BCUT2D eigenvalue weighted by Crippen LogP contribution is 2.50. The van der Waals surface area contributed by atoms with Crippen LogP contribution in [-0.2, 0) is 0 Å². The smallest absolute Gasteiger partial charge is 0.0629 e. The van der Waals surface area contributed by atoms with E-state index in [0.717, 1.165) is 0 Å². The van der Waals surface area contributed by atoms with Crippen molar-refractivity contribution in [2.45, 2.75) is 25.8 Å². The van der Waals surface area contributed by atoms with Gasteiger partial charge >= 0.3 is 0 Å². The number of rotatable bonds is 4. The van der Waals surface area contributed by atoms with Gasteiger partial charge < -0.3 is 9.47 Å². The van der Waals surface area contributed by atoms with Gasteiger partial charge in [0.25, 0.3) is 0 Å². The minimum atomic E-state index is 0.255. The van der Waals surface area contributed by atoms with Crippen LogP contribution in [-0.4, -0.2) is 10.6 Å². The summed E-state index contributed by atoms with van der Waals surface area (Å²) in [7, 11) is 0. The van der Waals surface area contributed by atoms with Gasteiger partial charge in [-0.1, -0.05) is 151 Å². The molecule has 1 aliphatic carbocycles. The van der Waals surface area contributed by atoms with E-state index < -0.39 is 0 Å². The van der Waals surface area contributed by atoms with Crippen molar-refractivity contribution in [3.05, 3.63) is 199 Å². The maximum Gasteiger partial charge on any atom is 0.0629 e. The molecule has 2 heteroatoms. The number of aryl methyl sites for hydroxylation is 2. The first-order chi connectivity index (χ1) is 26.6. The highest BCUT2D eigenvalue weighted by molar-refractivity contribution is 6.22. The van der Waals surface area contributed by atoms with E-state index >= 15 is 0 Å². The first kappa shape index (κ1) is 30.9. The molecular weight excluding hydrogens is 653 g/mol. The lowest BCUT2D eigenvalue weighted by Gasteiger charge is -2.29. The van der Waals surface area contributed by atoms with E-state index in [4.69, 9.17) is 0 Å². The molecule has 2 atom stereocenters. The molecule has 8 aromatic carbocycles. The van der Waals surface area contributed by atoms with Gasteiger partial charge in [0, 0.05) is 33.8 Å². The van der Waals surface area contributed by atoms with Gasteiger partial charge in [0.05, 0.1) is 17.1 Å². The van der Waals surface area contributed by atoms with Gasteiger partial charge in [0.15, 0.2) is 0 Å². The van der Waals surface area contributed by atoms with E-state index in [1.807, 2.05) is 0 Å². The van der Waals surface area contributed by atoms with Crippen LogP contribution in [0.25, 0.3) is 71.3 Å². The van der Waals surface area contributed by atoms with Crippen LogP contribution in [0.1, 0.15) is 22.6 Å². The molecule has 0 radical (unpaired) electrons. The number of para-hydroxylation sites is 3. The molecule has 0 bridgehead atoms. The Morgan fingerprint density at radius 1 is 0.426 bits per heavy atom. The number of benzene rings is 8. The molecule has 1 aromatic heterocycles. The molecular formula is C52H38N2. The van der Waals surface area contributed by atoms with Crippen molar-refractivity contribution in [3.8, 4) is 27.9 Å². The predicted octanol–water partition coefficient (Wildman–Crippen LogP) is 13.8. The van der Waals surface area contributed by atoms with Crippen molar-refractivity contribution in [2.24, 2.45) is 0 Å². The average molecular weight is 691 g/mol. The lowest BCUT2D eigenvalue weighted by atomic mass is 9.84. The molecule has 0 N–H and O–H groups in total. The third kappa shape index (κ3) is 4.60. The largest absolute Gasteiger partial charge is 0.333 e. The molecule has 0 saturated carbocycles. The molecule has 0 amide bonds. The fraction of sp³-hybridized carbons (Fsp3) is 0.0769. The molecule has 2 aliphatic rings. The first-order valence-electron chi connectivity index (χ1n) is 19.0. The molecule has 256 valence electrons. The molecule has 0 spiro atoms. The van der Waals surface area contributed by atoms with E-state index in [2.05, 4.69) is 205 Å². The standard InChI is InChI=1S/C52H38N2/c1-33-25-27-43-45(29-33)51(35-13-11-15-37(31-35)53-47-21-7-3-17-39(47)40-18-4-8-22-48(40)53)44-28-26-34(2)30-46(44)52(43)36-14-12-16-38(32-36)54-49-23-9-5-19-41(49)42-20-6-10-24-50(42)54/h3-32,39,47H,1-2H3. The van der Waals surface area contributed by atoms with Crippen molar-refractivity contribution in [3.63, 3.8) is 0 Å². The summed E-state index contributed by atoms with van der Waals surface area (Å²) in [6.07, 6.45) is 9.11. The Morgan fingerprint density at radius 3 is 1.65 bits per heavy atom. The van der Waals surface area contributed by atoms with E-state index in [1.165, 1.54) is 99.4 Å². The monoisotopic (exact) mass is 690 g/mol. The summed E-state index contributed by atoms with van der Waals surface area (Å²) in [5.41, 5.74) is 15.0. The fourth-order valence-electron chi connectivity index (χ4n) is 9.48. The number of hydrogen-bond acceptors (Lipinski definition) is 1. The number of fused-ring (bicyclic) bond motifs is 8. The Morgan fingerprint density at radius 2 is 0.981 bits per heavy atom. The Bertz CT molecular complexity index is 2990. The van der Waals surface area contributed by atoms with Gasteiger partial charge in [-0.25, -0.2) is 0 Å². The van der Waals surface area contributed by atoms with E-state index in [1.54, 1.807) is 0 Å². The fourth-order valence-corrected chi connectivity index (χ4v) is 9.48. The lowest BCUT2D eigenvalue weighted by Crippen LogP contribution is -2.28. The number of nitrogens with zero attached hydrogens (tertiary/aromatic N) is 2. The molecule has 54 heavy (non-hydrogen) atoms. The van der Waals surface area contributed by atoms with Crippen LogP contribution in [0.15, 0.2) is 182 Å². The van der Waals surface area contributed by atoms with Crippen LogP contribution in [0, 0.1) is 13.8 Å². The van der Waals surface area contributed by atoms with Crippen molar-refractivity contribution in [2.75, 3.05) is 4.90 Å². The molecule has 2 nitrogen and oxygen atoms in total. The molecule has 0 saturated heterocycles. The maximum atomic E-state index is 2.54. The summed E-state index contributed by atoms with van der Waals surface area (Å²) in [6, 6.07) is 59.1.